The van der Waals surface area contributed by atoms with Crippen LogP contribution in [-0.2, 0) is 4.79 Å². The Bertz CT molecular complexity index is 332. The maximum absolute atomic E-state index is 12.6. The smallest absolute Gasteiger partial charge is 0.329 e. The number of amides is 1. The number of carbonyl (C=O) groups excluding carboxylic acids is 1. The van der Waals surface area contributed by atoms with Gasteiger partial charge in [0.05, 0.1) is 6.04 Å². The lowest BCUT2D eigenvalue weighted by Gasteiger charge is -2.36. The number of carbonyl (C=O) groups is 1. The molecule has 0 heterocycles. The van der Waals surface area contributed by atoms with Crippen molar-refractivity contribution in [3.63, 3.8) is 0 Å². The summed E-state index contributed by atoms with van der Waals surface area (Å²) in [6, 6.07) is -1.32. The van der Waals surface area contributed by atoms with Crippen LogP contribution in [0.1, 0.15) is 40.5 Å². The van der Waals surface area contributed by atoms with Crippen molar-refractivity contribution in [3.8, 4) is 0 Å². The quantitative estimate of drug-likeness (QED) is 0.860. The Morgan fingerprint density at radius 3 is 2.11 bits per heavy atom. The van der Waals surface area contributed by atoms with Crippen molar-refractivity contribution in [2.75, 3.05) is 6.54 Å². The first-order valence-electron chi connectivity index (χ1n) is 6.56. The number of hydrogen-bond acceptors (Lipinski definition) is 2. The summed E-state index contributed by atoms with van der Waals surface area (Å²) in [5.74, 6) is -0.428. The second-order valence-electron chi connectivity index (χ2n) is 6.50. The highest BCUT2D eigenvalue weighted by Crippen LogP contribution is 2.37. The molecule has 1 amide bonds. The van der Waals surface area contributed by atoms with Gasteiger partial charge in [-0.15, -0.1) is 0 Å². The van der Waals surface area contributed by atoms with Crippen molar-refractivity contribution in [2.24, 2.45) is 17.1 Å². The molecule has 1 rings (SSSR count). The number of nitrogens with zero attached hydrogens (tertiary/aromatic N) is 1. The van der Waals surface area contributed by atoms with Crippen molar-refractivity contribution in [1.29, 1.82) is 0 Å². The summed E-state index contributed by atoms with van der Waals surface area (Å²) in [4.78, 5) is 13.2. The van der Waals surface area contributed by atoms with Gasteiger partial charge in [-0.2, -0.15) is 13.2 Å². The van der Waals surface area contributed by atoms with Gasteiger partial charge in [0.25, 0.3) is 0 Å². The number of nitrogens with two attached hydrogens (primary N) is 1. The third-order valence-electron chi connectivity index (χ3n) is 3.63. The maximum Gasteiger partial charge on any atom is 0.406 e. The van der Waals surface area contributed by atoms with E-state index in [4.69, 9.17) is 5.73 Å². The van der Waals surface area contributed by atoms with E-state index in [0.29, 0.717) is 0 Å². The Kier molecular flexibility index (Phi) is 4.55. The van der Waals surface area contributed by atoms with E-state index in [1.807, 2.05) is 0 Å². The van der Waals surface area contributed by atoms with E-state index in [9.17, 15) is 18.0 Å². The first-order chi connectivity index (χ1) is 8.43. The highest BCUT2D eigenvalue weighted by Gasteiger charge is 2.43. The van der Waals surface area contributed by atoms with Crippen molar-refractivity contribution >= 4 is 5.91 Å². The maximum atomic E-state index is 12.6. The van der Waals surface area contributed by atoms with Gasteiger partial charge in [-0.25, -0.2) is 0 Å². The summed E-state index contributed by atoms with van der Waals surface area (Å²) in [7, 11) is 0. The molecule has 1 unspecified atom stereocenters. The largest absolute Gasteiger partial charge is 0.406 e. The molecule has 0 aromatic heterocycles. The molecule has 3 nitrogen and oxygen atoms in total. The Hall–Kier alpha value is -0.780. The fourth-order valence-electron chi connectivity index (χ4n) is 2.00. The Morgan fingerprint density at radius 2 is 1.79 bits per heavy atom. The molecule has 0 bridgehead atoms. The van der Waals surface area contributed by atoms with Crippen LogP contribution in [0.3, 0.4) is 0 Å². The van der Waals surface area contributed by atoms with Gasteiger partial charge in [0.15, 0.2) is 0 Å². The van der Waals surface area contributed by atoms with Gasteiger partial charge >= 0.3 is 6.18 Å². The van der Waals surface area contributed by atoms with Crippen molar-refractivity contribution in [2.45, 2.75) is 58.8 Å². The number of rotatable bonds is 4. The third-order valence-corrected chi connectivity index (χ3v) is 3.63. The molecule has 2 atom stereocenters. The molecule has 1 aliphatic carbocycles. The van der Waals surface area contributed by atoms with Crippen LogP contribution < -0.4 is 5.73 Å². The van der Waals surface area contributed by atoms with E-state index in [1.54, 1.807) is 27.7 Å². The highest BCUT2D eigenvalue weighted by molar-refractivity contribution is 5.82. The van der Waals surface area contributed by atoms with Crippen LogP contribution in [-0.4, -0.2) is 35.6 Å². The molecule has 2 N–H and O–H groups in total. The summed E-state index contributed by atoms with van der Waals surface area (Å²) < 4.78 is 37.9. The predicted octanol–water partition coefficient (Wildman–Crippen LogP) is 2.55. The van der Waals surface area contributed by atoms with Gasteiger partial charge in [0.2, 0.25) is 5.91 Å². The van der Waals surface area contributed by atoms with Crippen LogP contribution in [0.15, 0.2) is 0 Å². The van der Waals surface area contributed by atoms with Crippen LogP contribution in [0.2, 0.25) is 0 Å². The molecular formula is C13H23F3N2O. The highest BCUT2D eigenvalue weighted by atomic mass is 19.4. The van der Waals surface area contributed by atoms with E-state index in [-0.39, 0.29) is 5.92 Å². The van der Waals surface area contributed by atoms with Crippen molar-refractivity contribution in [3.05, 3.63) is 0 Å². The fraction of sp³-hybridized carbons (Fsp3) is 0.923. The van der Waals surface area contributed by atoms with Gasteiger partial charge in [-0.05, 0) is 31.1 Å². The standard InChI is InChI=1S/C13H23F3N2O/c1-8(9-5-6-9)18(7-13(14,15)16)11(19)10(17)12(2,3)4/h8-10H,5-7,17H2,1-4H3/t8?,10-/m0/s1. The molecule has 0 radical (unpaired) electrons. The summed E-state index contributed by atoms with van der Waals surface area (Å²) >= 11 is 0. The average Bonchev–Trinajstić information content (AvgIpc) is 3.03. The molecule has 1 fully saturated rings. The zero-order valence-corrected chi connectivity index (χ0v) is 11.9. The van der Waals surface area contributed by atoms with Gasteiger partial charge < -0.3 is 10.6 Å². The van der Waals surface area contributed by atoms with Crippen LogP contribution in [0, 0.1) is 11.3 Å². The predicted molar refractivity (Wildman–Crippen MR) is 67.4 cm³/mol. The molecule has 0 aromatic carbocycles. The molecule has 0 aliphatic heterocycles. The van der Waals surface area contributed by atoms with E-state index < -0.39 is 36.1 Å². The lowest BCUT2D eigenvalue weighted by atomic mass is 9.86. The van der Waals surface area contributed by atoms with Gasteiger partial charge in [-0.1, -0.05) is 20.8 Å². The van der Waals surface area contributed by atoms with E-state index >= 15 is 0 Å². The third kappa shape index (κ3) is 4.67. The van der Waals surface area contributed by atoms with Crippen molar-refractivity contribution < 1.29 is 18.0 Å². The Labute approximate surface area is 112 Å². The molecule has 0 saturated heterocycles. The average molecular weight is 280 g/mol. The van der Waals surface area contributed by atoms with Gasteiger partial charge in [0.1, 0.15) is 6.54 Å². The second kappa shape index (κ2) is 5.31. The zero-order valence-electron chi connectivity index (χ0n) is 11.9. The van der Waals surface area contributed by atoms with Crippen molar-refractivity contribution in [1.82, 2.24) is 4.90 Å². The molecular weight excluding hydrogens is 257 g/mol. The molecule has 112 valence electrons. The minimum Gasteiger partial charge on any atom is -0.329 e. The van der Waals surface area contributed by atoms with E-state index in [2.05, 4.69) is 0 Å². The lowest BCUT2D eigenvalue weighted by Crippen LogP contribution is -2.55. The lowest BCUT2D eigenvalue weighted by molar-refractivity contribution is -0.168. The first-order valence-corrected chi connectivity index (χ1v) is 6.56. The second-order valence-corrected chi connectivity index (χ2v) is 6.50. The molecule has 19 heavy (non-hydrogen) atoms. The van der Waals surface area contributed by atoms with Gasteiger partial charge in [-0.3, -0.25) is 4.79 Å². The summed E-state index contributed by atoms with van der Waals surface area (Å²) in [5, 5.41) is 0. The van der Waals surface area contributed by atoms with E-state index in [0.717, 1.165) is 17.7 Å². The van der Waals surface area contributed by atoms with Crippen LogP contribution >= 0.6 is 0 Å². The van der Waals surface area contributed by atoms with Gasteiger partial charge in [0, 0.05) is 6.04 Å². The monoisotopic (exact) mass is 280 g/mol. The summed E-state index contributed by atoms with van der Waals surface area (Å²) in [6.45, 7) is 5.72. The SMILES string of the molecule is CC(C1CC1)N(CC(F)(F)F)C(=O)[C@H](N)C(C)(C)C. The molecule has 1 aliphatic rings. The first kappa shape index (κ1) is 16.3. The molecule has 0 aromatic rings. The number of alkyl halides is 3. The topological polar surface area (TPSA) is 46.3 Å². The van der Waals surface area contributed by atoms with E-state index in [1.165, 1.54) is 0 Å². The number of halogens is 3. The molecule has 1 saturated carbocycles. The fourth-order valence-corrected chi connectivity index (χ4v) is 2.00. The zero-order chi connectivity index (χ0) is 15.0. The minimum absolute atomic E-state index is 0.179. The summed E-state index contributed by atoms with van der Waals surface area (Å²) in [5.41, 5.74) is 5.26. The van der Waals surface area contributed by atoms with Crippen LogP contribution in [0.25, 0.3) is 0 Å². The summed E-state index contributed by atoms with van der Waals surface area (Å²) in [6.07, 6.45) is -2.63. The Morgan fingerprint density at radius 1 is 1.32 bits per heavy atom. The number of hydrogen-bond donors (Lipinski definition) is 1. The van der Waals surface area contributed by atoms with Crippen LogP contribution in [0.5, 0.6) is 0 Å². The molecule has 6 heteroatoms. The normalized spacial score (nSPS) is 20.0. The van der Waals surface area contributed by atoms with Crippen LogP contribution in [0.4, 0.5) is 13.2 Å². The minimum atomic E-state index is -4.39. The molecule has 0 spiro atoms. The Balaban J connectivity index is 2.86.